The Morgan fingerprint density at radius 2 is 1.15 bits per heavy atom. The van der Waals surface area contributed by atoms with Gasteiger partial charge in [0, 0.05) is 0 Å². The van der Waals surface area contributed by atoms with E-state index in [0.717, 1.165) is 6.42 Å². The molecule has 0 saturated carbocycles. The molecule has 0 saturated heterocycles. The quantitative estimate of drug-likeness (QED) is 0.463. The van der Waals surface area contributed by atoms with Gasteiger partial charge in [-0.15, -0.1) is 0 Å². The van der Waals surface area contributed by atoms with Crippen LogP contribution in [-0.4, -0.2) is 3.21 Å². The van der Waals surface area contributed by atoms with Crippen LogP contribution in [0.4, 0.5) is 0 Å². The van der Waals surface area contributed by atoms with Gasteiger partial charge in [0.2, 0.25) is 0 Å². The Hall–Kier alpha value is -0.747. The molecule has 0 radical (unpaired) electrons. The Morgan fingerprint density at radius 3 is 1.49 bits per heavy atom. The standard InChI is InChI=1S/C21H25.C12H19.C3H6.2ClH.Zr/c1-20(2,3)16-9-7-14-11-15-8-10-17(21(4,5)6)13-19(15)18(14)12-16;1-6-10-7-9(2)8-11(10)12(3,4)5;1-3-2;;;/h7-13H,1-6H3;8-9H,6H2,1-5H3;1-2H3;2*1H;/q;;;;;+2/p-2. The van der Waals surface area contributed by atoms with Crippen molar-refractivity contribution >= 4 is 3.21 Å². The number of benzene rings is 2. The van der Waals surface area contributed by atoms with E-state index in [-0.39, 0.29) is 41.1 Å². The fraction of sp³-hybridized carbons (Fsp3) is 0.528. The zero-order valence-electron chi connectivity index (χ0n) is 26.7. The summed E-state index contributed by atoms with van der Waals surface area (Å²) in [6.07, 6.45) is 3.78. The number of hydrogen-bond acceptors (Lipinski definition) is 0. The largest absolute Gasteiger partial charge is 1.00 e. The Labute approximate surface area is 260 Å². The third kappa shape index (κ3) is 6.37. The summed E-state index contributed by atoms with van der Waals surface area (Å²) in [6.45, 7) is 31.1. The van der Waals surface area contributed by atoms with Gasteiger partial charge in [-0.25, -0.2) is 0 Å². The summed E-state index contributed by atoms with van der Waals surface area (Å²) in [7, 11) is 0. The van der Waals surface area contributed by atoms with Crippen LogP contribution in [0, 0.1) is 11.3 Å². The minimum Gasteiger partial charge on any atom is -1.00 e. The van der Waals surface area contributed by atoms with Gasteiger partial charge < -0.3 is 24.8 Å². The van der Waals surface area contributed by atoms with Gasteiger partial charge in [-0.1, -0.05) is 0 Å². The molecule has 0 aromatic heterocycles. The molecule has 2 aromatic carbocycles. The van der Waals surface area contributed by atoms with Crippen LogP contribution >= 0.6 is 0 Å². The predicted molar refractivity (Wildman–Crippen MR) is 161 cm³/mol. The van der Waals surface area contributed by atoms with Crippen LogP contribution < -0.4 is 24.8 Å². The van der Waals surface area contributed by atoms with E-state index in [1.54, 1.807) is 25.5 Å². The number of halogens is 2. The Balaban J connectivity index is 0.00000267. The van der Waals surface area contributed by atoms with Crippen molar-refractivity contribution in [3.05, 3.63) is 79.2 Å². The molecule has 39 heavy (non-hydrogen) atoms. The van der Waals surface area contributed by atoms with E-state index in [1.165, 1.54) is 22.3 Å². The van der Waals surface area contributed by atoms with Crippen molar-refractivity contribution in [3.8, 4) is 11.1 Å². The molecular weight excluding hydrogens is 595 g/mol. The van der Waals surface area contributed by atoms with Crippen LogP contribution in [0.15, 0.2) is 56.9 Å². The number of hydrogen-bond donors (Lipinski definition) is 0. The molecule has 1 unspecified atom stereocenters. The molecule has 0 N–H and O–H groups in total. The van der Waals surface area contributed by atoms with Crippen LogP contribution in [0.2, 0.25) is 0 Å². The third-order valence-electron chi connectivity index (χ3n) is 8.55. The van der Waals surface area contributed by atoms with E-state index in [0.29, 0.717) is 9.54 Å². The van der Waals surface area contributed by atoms with E-state index in [2.05, 4.69) is 132 Å². The average Bonchev–Trinajstić information content (AvgIpc) is 3.27. The summed E-state index contributed by atoms with van der Waals surface area (Å²) >= 11 is -2.29. The van der Waals surface area contributed by atoms with Crippen molar-refractivity contribution in [2.45, 2.75) is 111 Å². The van der Waals surface area contributed by atoms with Gasteiger partial charge in [-0.05, 0) is 0 Å². The summed E-state index contributed by atoms with van der Waals surface area (Å²) < 4.78 is 4.15. The molecule has 0 fully saturated rings. The number of rotatable bonds is 3. The Morgan fingerprint density at radius 1 is 0.718 bits per heavy atom. The first-order valence-electron chi connectivity index (χ1n) is 14.4. The van der Waals surface area contributed by atoms with Gasteiger partial charge in [0.15, 0.2) is 0 Å². The normalized spacial score (nSPS) is 17.0. The zero-order valence-corrected chi connectivity index (χ0v) is 30.6. The molecule has 2 aliphatic carbocycles. The first-order valence-corrected chi connectivity index (χ1v) is 18.3. The molecule has 0 spiro atoms. The van der Waals surface area contributed by atoms with Gasteiger partial charge in [0.05, 0.1) is 0 Å². The van der Waals surface area contributed by atoms with E-state index in [4.69, 9.17) is 0 Å². The molecule has 0 nitrogen and oxygen atoms in total. The summed E-state index contributed by atoms with van der Waals surface area (Å²) in [4.78, 5) is 0. The second-order valence-electron chi connectivity index (χ2n) is 14.8. The van der Waals surface area contributed by atoms with Gasteiger partial charge in [-0.2, -0.15) is 0 Å². The monoisotopic (exact) mass is 642 g/mol. The number of allylic oxidation sites excluding steroid dienone is 4. The van der Waals surface area contributed by atoms with E-state index < -0.39 is 21.3 Å². The zero-order chi connectivity index (χ0) is 27.7. The smallest absolute Gasteiger partial charge is 1.00 e. The molecule has 2 aliphatic rings. The van der Waals surface area contributed by atoms with Gasteiger partial charge in [0.25, 0.3) is 0 Å². The molecule has 0 bridgehead atoms. The van der Waals surface area contributed by atoms with Gasteiger partial charge >= 0.3 is 237 Å². The van der Waals surface area contributed by atoms with Crippen LogP contribution in [0.5, 0.6) is 0 Å². The summed E-state index contributed by atoms with van der Waals surface area (Å²) in [5.74, 6) is 0.559. The van der Waals surface area contributed by atoms with E-state index in [9.17, 15) is 0 Å². The average molecular weight is 645 g/mol. The van der Waals surface area contributed by atoms with Crippen molar-refractivity contribution in [2.75, 3.05) is 0 Å². The maximum atomic E-state index is 2.62. The molecule has 4 rings (SSSR count). The van der Waals surface area contributed by atoms with Crippen molar-refractivity contribution in [1.82, 2.24) is 0 Å². The van der Waals surface area contributed by atoms with E-state index >= 15 is 0 Å². The van der Waals surface area contributed by atoms with Crippen molar-refractivity contribution < 1.29 is 46.1 Å². The molecular formula is C36H50Cl2Zr. The van der Waals surface area contributed by atoms with Gasteiger partial charge in [-0.3, -0.25) is 0 Å². The predicted octanol–water partition coefficient (Wildman–Crippen LogP) is 4.48. The Kier molecular flexibility index (Phi) is 10.5. The van der Waals surface area contributed by atoms with Gasteiger partial charge in [0.1, 0.15) is 0 Å². The SMILES string of the molecule is CCC1=[C]([Zr+2](=[C](C)C)[CH]2c3ccc(C(C)(C)C)cc3-c3cc(C(C)(C)C)ccc32)C(C)C=C1C(C)(C)C.[Cl-].[Cl-]. The van der Waals surface area contributed by atoms with Crippen molar-refractivity contribution in [2.24, 2.45) is 11.3 Å². The summed E-state index contributed by atoms with van der Waals surface area (Å²) in [5, 5.41) is 0. The first kappa shape index (κ1) is 34.5. The number of fused-ring (bicyclic) bond motifs is 3. The van der Waals surface area contributed by atoms with Crippen LogP contribution in [0.3, 0.4) is 0 Å². The maximum absolute atomic E-state index is 2.62. The summed E-state index contributed by atoms with van der Waals surface area (Å²) in [6, 6.07) is 15.0. The van der Waals surface area contributed by atoms with Crippen LogP contribution in [0.1, 0.15) is 122 Å². The topological polar surface area (TPSA) is 0 Å². The maximum Gasteiger partial charge on any atom is -1.00 e. The Bertz CT molecular complexity index is 1270. The molecule has 0 amide bonds. The fourth-order valence-electron chi connectivity index (χ4n) is 6.55. The first-order chi connectivity index (χ1) is 17.0. The van der Waals surface area contributed by atoms with Crippen molar-refractivity contribution in [1.29, 1.82) is 0 Å². The third-order valence-corrected chi connectivity index (χ3v) is 17.4. The minimum absolute atomic E-state index is 0. The molecule has 2 aromatic rings. The second-order valence-corrected chi connectivity index (χ2v) is 22.1. The van der Waals surface area contributed by atoms with E-state index in [1.807, 2.05) is 3.28 Å². The second kappa shape index (κ2) is 11.9. The summed E-state index contributed by atoms with van der Waals surface area (Å²) in [5.41, 5.74) is 12.9. The molecule has 1 atom stereocenters. The van der Waals surface area contributed by atoms with Crippen molar-refractivity contribution in [3.63, 3.8) is 0 Å². The van der Waals surface area contributed by atoms with Crippen LogP contribution in [-0.2, 0) is 32.1 Å². The molecule has 3 heteroatoms. The molecule has 0 heterocycles. The minimum atomic E-state index is -2.29. The molecule has 0 aliphatic heterocycles. The fourth-order valence-corrected chi connectivity index (χ4v) is 15.8. The van der Waals surface area contributed by atoms with Crippen LogP contribution in [0.25, 0.3) is 11.1 Å². The molecule has 212 valence electrons.